The molecule has 0 atom stereocenters. The predicted molar refractivity (Wildman–Crippen MR) is 122 cm³/mol. The van der Waals surface area contributed by atoms with Crippen LogP contribution in [0.2, 0.25) is 0 Å². The fourth-order valence-electron chi connectivity index (χ4n) is 2.83. The first-order chi connectivity index (χ1) is 15.3. The van der Waals surface area contributed by atoms with Gasteiger partial charge in [-0.05, 0) is 42.7 Å². The molecule has 7 nitrogen and oxygen atoms in total. The Bertz CT molecular complexity index is 1020. The van der Waals surface area contributed by atoms with Gasteiger partial charge in [-0.3, -0.25) is 9.59 Å². The minimum absolute atomic E-state index is 0.0568. The van der Waals surface area contributed by atoms with Crippen molar-refractivity contribution in [2.24, 2.45) is 5.41 Å². The Labute approximate surface area is 188 Å². The van der Waals surface area contributed by atoms with Gasteiger partial charge in [0.15, 0.2) is 11.5 Å². The van der Waals surface area contributed by atoms with Gasteiger partial charge in [0.2, 0.25) is 5.91 Å². The fraction of sp³-hybridized carbons (Fsp3) is 0.320. The van der Waals surface area contributed by atoms with Gasteiger partial charge in [-0.15, -0.1) is 0 Å². The summed E-state index contributed by atoms with van der Waals surface area (Å²) in [5.74, 6) is 0.734. The van der Waals surface area contributed by atoms with Gasteiger partial charge in [0.1, 0.15) is 12.4 Å². The van der Waals surface area contributed by atoms with Crippen molar-refractivity contribution < 1.29 is 18.8 Å². The third kappa shape index (κ3) is 6.97. The molecule has 3 aromatic rings. The van der Waals surface area contributed by atoms with Gasteiger partial charge in [-0.2, -0.15) is 0 Å². The lowest BCUT2D eigenvalue weighted by Gasteiger charge is -2.17. The number of benzene rings is 2. The first-order valence-electron chi connectivity index (χ1n) is 10.6. The highest BCUT2D eigenvalue weighted by atomic mass is 16.5. The molecule has 2 aromatic carbocycles. The third-order valence-corrected chi connectivity index (χ3v) is 4.74. The second-order valence-electron chi connectivity index (χ2n) is 8.54. The van der Waals surface area contributed by atoms with Crippen molar-refractivity contribution in [3.8, 4) is 5.75 Å². The number of carbonyl (C=O) groups is 2. The van der Waals surface area contributed by atoms with E-state index in [1.165, 1.54) is 5.56 Å². The zero-order valence-electron chi connectivity index (χ0n) is 18.7. The molecule has 0 aliphatic rings. The maximum atomic E-state index is 12.2. The Morgan fingerprint density at radius 3 is 2.44 bits per heavy atom. The van der Waals surface area contributed by atoms with Gasteiger partial charge >= 0.3 is 0 Å². The molecule has 2 N–H and O–H groups in total. The maximum absolute atomic E-state index is 12.2. The van der Waals surface area contributed by atoms with Gasteiger partial charge in [0.05, 0.1) is 0 Å². The molecule has 168 valence electrons. The number of amides is 2. The van der Waals surface area contributed by atoms with Crippen LogP contribution < -0.4 is 15.4 Å². The summed E-state index contributed by atoms with van der Waals surface area (Å²) < 4.78 is 10.9. The molecule has 1 aromatic heterocycles. The molecular formula is C25H29N3O4. The topological polar surface area (TPSA) is 93.5 Å². The van der Waals surface area contributed by atoms with E-state index in [0.717, 1.165) is 12.8 Å². The molecule has 0 unspecified atom stereocenters. The number of rotatable bonds is 9. The Balaban J connectivity index is 1.41. The van der Waals surface area contributed by atoms with Crippen LogP contribution >= 0.6 is 0 Å². The number of nitrogens with zero attached hydrogens (tertiary/aromatic N) is 1. The maximum Gasteiger partial charge on any atom is 0.273 e. The summed E-state index contributed by atoms with van der Waals surface area (Å²) in [4.78, 5) is 24.3. The van der Waals surface area contributed by atoms with Gasteiger partial charge in [-0.1, -0.05) is 56.3 Å². The van der Waals surface area contributed by atoms with E-state index in [9.17, 15) is 9.59 Å². The number of ether oxygens (including phenoxy) is 1. The minimum Gasteiger partial charge on any atom is -0.486 e. The van der Waals surface area contributed by atoms with Crippen LogP contribution in [-0.4, -0.2) is 23.5 Å². The first-order valence-corrected chi connectivity index (χ1v) is 10.6. The molecular weight excluding hydrogens is 406 g/mol. The number of nitrogens with one attached hydrogen (secondary N) is 2. The smallest absolute Gasteiger partial charge is 0.273 e. The molecule has 7 heteroatoms. The molecule has 1 heterocycles. The summed E-state index contributed by atoms with van der Waals surface area (Å²) in [6, 6.07) is 18.8. The summed E-state index contributed by atoms with van der Waals surface area (Å²) in [6.07, 6.45) is 1.74. The predicted octanol–water partition coefficient (Wildman–Crippen LogP) is 4.60. The molecule has 2 amide bonds. The van der Waals surface area contributed by atoms with E-state index in [1.807, 2.05) is 39.0 Å². The molecule has 0 radical (unpaired) electrons. The summed E-state index contributed by atoms with van der Waals surface area (Å²) >= 11 is 0. The second-order valence-corrected chi connectivity index (χ2v) is 8.54. The second kappa shape index (κ2) is 10.6. The molecule has 0 bridgehead atoms. The number of anilines is 1. The number of hydrogen-bond donors (Lipinski definition) is 2. The number of aromatic nitrogens is 1. The molecule has 0 aliphatic heterocycles. The van der Waals surface area contributed by atoms with E-state index in [-0.39, 0.29) is 24.1 Å². The largest absolute Gasteiger partial charge is 0.486 e. The normalized spacial score (nSPS) is 11.1. The van der Waals surface area contributed by atoms with Crippen LogP contribution in [0.5, 0.6) is 5.75 Å². The molecule has 0 fully saturated rings. The molecule has 0 spiro atoms. The number of hydrogen-bond acceptors (Lipinski definition) is 5. The quantitative estimate of drug-likeness (QED) is 0.479. The zero-order valence-corrected chi connectivity index (χ0v) is 18.7. The average molecular weight is 436 g/mol. The van der Waals surface area contributed by atoms with Crippen LogP contribution in [0.15, 0.2) is 65.2 Å². The molecule has 0 saturated heterocycles. The van der Waals surface area contributed by atoms with Gasteiger partial charge in [0, 0.05) is 23.7 Å². The van der Waals surface area contributed by atoms with Crippen molar-refractivity contribution >= 4 is 17.5 Å². The molecule has 3 rings (SSSR count). The van der Waals surface area contributed by atoms with Gasteiger partial charge in [-0.25, -0.2) is 0 Å². The Kier molecular flexibility index (Phi) is 7.65. The van der Waals surface area contributed by atoms with Crippen LogP contribution in [0.1, 0.15) is 49.0 Å². The van der Waals surface area contributed by atoms with Crippen molar-refractivity contribution in [1.29, 1.82) is 0 Å². The SMILES string of the molecule is CC(C)(C)C(=O)Nc1ccc(OCc2cc(C(=O)NCCCc3ccccc3)no2)cc1. The highest BCUT2D eigenvalue weighted by Gasteiger charge is 2.21. The van der Waals surface area contributed by atoms with Crippen LogP contribution in [0.4, 0.5) is 5.69 Å². The van der Waals surface area contributed by atoms with Gasteiger partial charge < -0.3 is 19.9 Å². The lowest BCUT2D eigenvalue weighted by molar-refractivity contribution is -0.123. The van der Waals surface area contributed by atoms with Crippen molar-refractivity contribution in [1.82, 2.24) is 10.5 Å². The van der Waals surface area contributed by atoms with E-state index in [4.69, 9.17) is 9.26 Å². The molecule has 0 saturated carbocycles. The van der Waals surface area contributed by atoms with E-state index in [0.29, 0.717) is 23.7 Å². The Hall–Kier alpha value is -3.61. The van der Waals surface area contributed by atoms with Crippen LogP contribution in [0, 0.1) is 5.41 Å². The third-order valence-electron chi connectivity index (χ3n) is 4.74. The fourth-order valence-corrected chi connectivity index (χ4v) is 2.83. The monoisotopic (exact) mass is 435 g/mol. The van der Waals surface area contributed by atoms with E-state index in [2.05, 4.69) is 27.9 Å². The highest BCUT2D eigenvalue weighted by molar-refractivity contribution is 5.94. The van der Waals surface area contributed by atoms with E-state index < -0.39 is 5.41 Å². The van der Waals surface area contributed by atoms with Crippen LogP contribution in [0.3, 0.4) is 0 Å². The Morgan fingerprint density at radius 2 is 1.75 bits per heavy atom. The van der Waals surface area contributed by atoms with Crippen LogP contribution in [-0.2, 0) is 17.8 Å². The van der Waals surface area contributed by atoms with Gasteiger partial charge in [0.25, 0.3) is 5.91 Å². The molecule has 0 aliphatic carbocycles. The van der Waals surface area contributed by atoms with Crippen molar-refractivity contribution in [2.75, 3.05) is 11.9 Å². The number of carbonyl (C=O) groups excluding carboxylic acids is 2. The summed E-state index contributed by atoms with van der Waals surface area (Å²) in [7, 11) is 0. The average Bonchev–Trinajstić information content (AvgIpc) is 3.25. The minimum atomic E-state index is -0.465. The number of aryl methyl sites for hydroxylation is 1. The van der Waals surface area contributed by atoms with Crippen molar-refractivity contribution in [3.63, 3.8) is 0 Å². The first kappa shape index (κ1) is 23.1. The summed E-state index contributed by atoms with van der Waals surface area (Å²) in [5, 5.41) is 9.53. The zero-order chi connectivity index (χ0) is 23.0. The highest BCUT2D eigenvalue weighted by Crippen LogP contribution is 2.20. The Morgan fingerprint density at radius 1 is 1.03 bits per heavy atom. The summed E-state index contributed by atoms with van der Waals surface area (Å²) in [5.41, 5.74) is 1.70. The van der Waals surface area contributed by atoms with E-state index in [1.54, 1.807) is 30.3 Å². The van der Waals surface area contributed by atoms with E-state index >= 15 is 0 Å². The van der Waals surface area contributed by atoms with Crippen molar-refractivity contribution in [3.05, 3.63) is 77.7 Å². The lowest BCUT2D eigenvalue weighted by atomic mass is 9.95. The summed E-state index contributed by atoms with van der Waals surface area (Å²) in [6.45, 7) is 6.27. The molecule has 32 heavy (non-hydrogen) atoms. The lowest BCUT2D eigenvalue weighted by Crippen LogP contribution is -2.27. The van der Waals surface area contributed by atoms with Crippen LogP contribution in [0.25, 0.3) is 0 Å². The van der Waals surface area contributed by atoms with Crippen molar-refractivity contribution in [2.45, 2.75) is 40.2 Å². The standard InChI is InChI=1S/C25H29N3O4/c1-25(2,3)24(30)27-19-11-13-20(14-12-19)31-17-21-16-22(28-32-21)23(29)26-15-7-10-18-8-5-4-6-9-18/h4-6,8-9,11-14,16H,7,10,15,17H2,1-3H3,(H,26,29)(H,27,30).